The molecule has 35 valence electrons. The quantitative estimate of drug-likeness (QED) is 0.480. The third-order valence-corrected chi connectivity index (χ3v) is 0. The van der Waals surface area contributed by atoms with Crippen LogP contribution in [0.25, 0.3) is 0 Å². The smallest absolute Gasteiger partial charge is 0.0148 e. The summed E-state index contributed by atoms with van der Waals surface area (Å²) in [7, 11) is -0.611. The van der Waals surface area contributed by atoms with Gasteiger partial charge in [0.25, 0.3) is 0 Å². The first-order valence-corrected chi connectivity index (χ1v) is 2.95. The number of hydrogen-bond acceptors (Lipinski definition) is 1. The van der Waals surface area contributed by atoms with Crippen molar-refractivity contribution in [2.24, 2.45) is 0 Å². The Kier molecular flexibility index (Phi) is 8.82. The second kappa shape index (κ2) is 4.77. The van der Waals surface area contributed by atoms with E-state index in [0.29, 0.717) is 0 Å². The summed E-state index contributed by atoms with van der Waals surface area (Å²) in [6.45, 7) is 0. The minimum Gasteiger partial charge on any atom is -0.260 e. The summed E-state index contributed by atoms with van der Waals surface area (Å²) in [5.41, 5.74) is 0. The Labute approximate surface area is 47.4 Å². The van der Waals surface area contributed by atoms with Gasteiger partial charge in [-0.25, -0.2) is 0 Å². The Morgan fingerprint density at radius 3 is 1.40 bits per heavy atom. The zero-order valence-corrected chi connectivity index (χ0v) is 5.61. The van der Waals surface area contributed by atoms with Crippen molar-refractivity contribution in [3.8, 4) is 0 Å². The average molecular weight is 181 g/mol. The Morgan fingerprint density at radius 1 is 1.40 bits per heavy atom. The number of hydrogen-bond donors (Lipinski definition) is 0. The van der Waals surface area contributed by atoms with E-state index in [1.165, 1.54) is 0 Å². The average Bonchev–Trinajstić information content (AvgIpc) is 0.811. The van der Waals surface area contributed by atoms with Crippen LogP contribution in [0.15, 0.2) is 0 Å². The molecule has 0 aromatic carbocycles. The molecule has 0 fully saturated rings. The maximum atomic E-state index is 9.56. The van der Waals surface area contributed by atoms with Crippen LogP contribution in [0.2, 0.25) is 0 Å². The van der Waals surface area contributed by atoms with Crippen molar-refractivity contribution in [2.75, 3.05) is 12.5 Å². The van der Waals surface area contributed by atoms with E-state index in [2.05, 4.69) is 0 Å². The van der Waals surface area contributed by atoms with Gasteiger partial charge < -0.3 is 0 Å². The molecule has 3 heteroatoms. The third kappa shape index (κ3) is 61.4. The zero-order valence-electron chi connectivity index (χ0n) is 3.15. The second-order valence-corrected chi connectivity index (χ2v) is 2.22. The molecular weight excluding hydrogens is 175 g/mol. The predicted octanol–water partition coefficient (Wildman–Crippen LogP) is -0.00780. The van der Waals surface area contributed by atoms with E-state index >= 15 is 0 Å². The summed E-state index contributed by atoms with van der Waals surface area (Å²) in [5.74, 6) is 0. The molecule has 0 spiro atoms. The molecule has 0 N–H and O–H groups in total. The molecule has 0 aliphatic rings. The molecule has 0 aliphatic heterocycles. The summed E-state index contributed by atoms with van der Waals surface area (Å²) in [4.78, 5) is 0. The fraction of sp³-hybridized carbons (Fsp3) is 1.00. The Bertz CT molecular complexity index is 32.6. The monoisotopic (exact) mass is 181 g/mol. The maximum absolute atomic E-state index is 9.56. The third-order valence-electron chi connectivity index (χ3n) is 0. The molecule has 0 atom stereocenters. The molecule has 0 bridgehead atoms. The van der Waals surface area contributed by atoms with E-state index in [1.807, 2.05) is 0 Å². The van der Waals surface area contributed by atoms with Crippen LogP contribution in [0.1, 0.15) is 0 Å². The summed E-state index contributed by atoms with van der Waals surface area (Å²) in [6, 6.07) is 0. The van der Waals surface area contributed by atoms with Crippen LogP contribution < -0.4 is 0 Å². The van der Waals surface area contributed by atoms with E-state index in [4.69, 9.17) is 0 Å². The maximum Gasteiger partial charge on any atom is 0.0148 e. The van der Waals surface area contributed by atoms with E-state index in [1.54, 1.807) is 12.5 Å². The van der Waals surface area contributed by atoms with Crippen LogP contribution >= 0.6 is 0 Å². The number of rotatable bonds is 0. The van der Waals surface area contributed by atoms with Crippen LogP contribution in [-0.2, 0) is 30.3 Å². The van der Waals surface area contributed by atoms with Gasteiger partial charge in [0.15, 0.2) is 0 Å². The molecule has 0 aliphatic carbocycles. The van der Waals surface area contributed by atoms with Gasteiger partial charge in [-0.3, -0.25) is 4.21 Å². The summed E-state index contributed by atoms with van der Waals surface area (Å²) >= 11 is 0. The summed E-state index contributed by atoms with van der Waals surface area (Å²) < 4.78 is 9.56. The minimum atomic E-state index is -0.611. The van der Waals surface area contributed by atoms with Gasteiger partial charge in [-0.1, -0.05) is 0 Å². The van der Waals surface area contributed by atoms with E-state index in [-0.39, 0.29) is 19.5 Å². The second-order valence-electron chi connectivity index (χ2n) is 0.742. The van der Waals surface area contributed by atoms with Gasteiger partial charge >= 0.3 is 0 Å². The van der Waals surface area contributed by atoms with Crippen molar-refractivity contribution >= 4 is 10.8 Å². The standard InChI is InChI=1S/C2H6OS.Rh/c1-4(2)3;/h1-2H3;. The molecule has 0 aromatic rings. The summed E-state index contributed by atoms with van der Waals surface area (Å²) in [6.07, 6.45) is 3.28. The first kappa shape index (κ1) is 9.24. The van der Waals surface area contributed by atoms with Gasteiger partial charge in [0, 0.05) is 42.8 Å². The van der Waals surface area contributed by atoms with Gasteiger partial charge in [-0.2, -0.15) is 0 Å². The topological polar surface area (TPSA) is 17.1 Å². The van der Waals surface area contributed by atoms with Crippen LogP contribution in [-0.4, -0.2) is 16.7 Å². The molecule has 0 unspecified atom stereocenters. The normalized spacial score (nSPS) is 7.00. The molecule has 0 aromatic heterocycles. The van der Waals surface area contributed by atoms with Crippen molar-refractivity contribution in [1.29, 1.82) is 0 Å². The van der Waals surface area contributed by atoms with Crippen molar-refractivity contribution in [3.63, 3.8) is 0 Å². The summed E-state index contributed by atoms with van der Waals surface area (Å²) in [5, 5.41) is 0. The Morgan fingerprint density at radius 2 is 1.40 bits per heavy atom. The molecule has 1 radical (unpaired) electrons. The SMILES string of the molecule is CS(C)=O.[Rh]. The van der Waals surface area contributed by atoms with Gasteiger partial charge in [-0.15, -0.1) is 0 Å². The molecule has 0 rings (SSSR count). The van der Waals surface area contributed by atoms with E-state index in [9.17, 15) is 4.21 Å². The van der Waals surface area contributed by atoms with Gasteiger partial charge in [0.2, 0.25) is 0 Å². The van der Waals surface area contributed by atoms with Gasteiger partial charge in [0.1, 0.15) is 0 Å². The zero-order chi connectivity index (χ0) is 3.58. The molecule has 0 amide bonds. The molecule has 1 nitrogen and oxygen atoms in total. The molecular formula is C2H6ORhS. The van der Waals surface area contributed by atoms with Crippen LogP contribution in [0, 0.1) is 0 Å². The first-order valence-electron chi connectivity index (χ1n) is 0.983. The van der Waals surface area contributed by atoms with Crippen LogP contribution in [0.5, 0.6) is 0 Å². The predicted molar refractivity (Wildman–Crippen MR) is 20.0 cm³/mol. The van der Waals surface area contributed by atoms with Crippen LogP contribution in [0.3, 0.4) is 0 Å². The Hall–Kier alpha value is 0.773. The van der Waals surface area contributed by atoms with Crippen molar-refractivity contribution < 1.29 is 23.7 Å². The fourth-order valence-electron chi connectivity index (χ4n) is 0. The molecule has 0 saturated heterocycles. The van der Waals surface area contributed by atoms with E-state index < -0.39 is 10.8 Å². The molecule has 5 heavy (non-hydrogen) atoms. The van der Waals surface area contributed by atoms with Gasteiger partial charge in [0.05, 0.1) is 0 Å². The van der Waals surface area contributed by atoms with Crippen LogP contribution in [0.4, 0.5) is 0 Å². The molecule has 0 saturated carbocycles. The van der Waals surface area contributed by atoms with Crippen molar-refractivity contribution in [1.82, 2.24) is 0 Å². The van der Waals surface area contributed by atoms with Crippen molar-refractivity contribution in [2.45, 2.75) is 0 Å². The van der Waals surface area contributed by atoms with Crippen molar-refractivity contribution in [3.05, 3.63) is 0 Å². The minimum absolute atomic E-state index is 0. The molecule has 0 heterocycles. The first-order chi connectivity index (χ1) is 1.73. The van der Waals surface area contributed by atoms with Gasteiger partial charge in [-0.05, 0) is 0 Å². The fourth-order valence-corrected chi connectivity index (χ4v) is 0. The Balaban J connectivity index is 0. The van der Waals surface area contributed by atoms with E-state index in [0.717, 1.165) is 0 Å². The largest absolute Gasteiger partial charge is 0.260 e.